The predicted molar refractivity (Wildman–Crippen MR) is 162 cm³/mol. The molecule has 0 atom stereocenters. The summed E-state index contributed by atoms with van der Waals surface area (Å²) >= 11 is 0. The number of piperidine rings is 1. The molecule has 42 heavy (non-hydrogen) atoms. The molecule has 0 aliphatic carbocycles. The van der Waals surface area contributed by atoms with Crippen molar-refractivity contribution in [3.05, 3.63) is 95.0 Å². The van der Waals surface area contributed by atoms with Crippen LogP contribution in [0, 0.1) is 24.1 Å². The van der Waals surface area contributed by atoms with E-state index in [0.717, 1.165) is 48.3 Å². The van der Waals surface area contributed by atoms with E-state index in [4.69, 9.17) is 9.47 Å². The molecule has 4 aromatic rings. The van der Waals surface area contributed by atoms with Crippen LogP contribution in [0.3, 0.4) is 0 Å². The number of carbonyl (C=O) groups excluding carboxylic acids is 1. The summed E-state index contributed by atoms with van der Waals surface area (Å²) in [5.41, 5.74) is 5.46. The number of ether oxygens (including phenoxy) is 2. The molecule has 0 saturated carbocycles. The summed E-state index contributed by atoms with van der Waals surface area (Å²) in [4.78, 5) is 17.4. The van der Waals surface area contributed by atoms with E-state index in [9.17, 15) is 14.4 Å². The maximum Gasteiger partial charge on any atom is 0.248 e. The molecule has 1 aromatic heterocycles. The molecule has 0 radical (unpaired) electrons. The van der Waals surface area contributed by atoms with Gasteiger partial charge in [0.2, 0.25) is 5.91 Å². The maximum atomic E-state index is 13.5. The highest BCUT2D eigenvalue weighted by Gasteiger charge is 2.16. The Labute approximate surface area is 244 Å². The van der Waals surface area contributed by atoms with Gasteiger partial charge < -0.3 is 25.4 Å². The summed E-state index contributed by atoms with van der Waals surface area (Å²) in [7, 11) is 0. The van der Waals surface area contributed by atoms with Crippen LogP contribution in [0.5, 0.6) is 11.5 Å². The van der Waals surface area contributed by atoms with Gasteiger partial charge >= 0.3 is 0 Å². The van der Waals surface area contributed by atoms with Gasteiger partial charge in [-0.05, 0) is 87.3 Å². The van der Waals surface area contributed by atoms with E-state index in [1.54, 1.807) is 24.3 Å². The molecule has 0 spiro atoms. The first-order chi connectivity index (χ1) is 20.4. The lowest BCUT2D eigenvalue weighted by Gasteiger charge is -2.17. The van der Waals surface area contributed by atoms with Gasteiger partial charge in [-0.2, -0.15) is 5.26 Å². The second-order valence-corrected chi connectivity index (χ2v) is 10.0. The van der Waals surface area contributed by atoms with Crippen molar-refractivity contribution >= 4 is 33.9 Å². The quantitative estimate of drug-likeness (QED) is 0.198. The second kappa shape index (κ2) is 13.1. The Kier molecular flexibility index (Phi) is 8.95. The van der Waals surface area contributed by atoms with Crippen molar-refractivity contribution in [1.82, 2.24) is 10.3 Å². The number of nitriles is 1. The van der Waals surface area contributed by atoms with Crippen LogP contribution in [0.25, 0.3) is 10.9 Å². The fourth-order valence-electron chi connectivity index (χ4n) is 4.88. The topological polar surface area (TPSA) is 108 Å². The largest absolute Gasteiger partial charge is 0.492 e. The molecule has 1 aliphatic rings. The Morgan fingerprint density at radius 2 is 1.95 bits per heavy atom. The summed E-state index contributed by atoms with van der Waals surface area (Å²) < 4.78 is 25.3. The van der Waals surface area contributed by atoms with E-state index < -0.39 is 0 Å². The fraction of sp³-hybridized carbons (Fsp3) is 0.242. The molecule has 0 bridgehead atoms. The van der Waals surface area contributed by atoms with Crippen LogP contribution in [0.1, 0.15) is 36.5 Å². The lowest BCUT2D eigenvalue weighted by atomic mass is 10.0. The third-order valence-corrected chi connectivity index (χ3v) is 6.96. The average Bonchev–Trinajstić information content (AvgIpc) is 2.98. The molecule has 1 saturated heterocycles. The summed E-state index contributed by atoms with van der Waals surface area (Å²) in [6.07, 6.45) is 4.84. The number of amides is 1. The number of halogens is 1. The van der Waals surface area contributed by atoms with Crippen LogP contribution in [0.2, 0.25) is 0 Å². The number of hydrogen-bond donors (Lipinski definition) is 3. The van der Waals surface area contributed by atoms with E-state index in [1.165, 1.54) is 18.3 Å². The molecule has 1 aliphatic heterocycles. The zero-order chi connectivity index (χ0) is 29.5. The second-order valence-electron chi connectivity index (χ2n) is 10.0. The van der Waals surface area contributed by atoms with Gasteiger partial charge in [0.15, 0.2) is 0 Å². The summed E-state index contributed by atoms with van der Waals surface area (Å²) in [6, 6.07) is 17.7. The Hall–Kier alpha value is -4.94. The molecule has 3 aromatic carbocycles. The SMILES string of the molecule is CCOc1cc2ncc(C#N)c(Nc3ccc(OCc4cccc(F)c4)c(C)c3)c2cc1NC(=O)C=C1CCNCC1. The highest BCUT2D eigenvalue weighted by Crippen LogP contribution is 2.37. The zero-order valence-electron chi connectivity index (χ0n) is 23.6. The predicted octanol–water partition coefficient (Wildman–Crippen LogP) is 6.52. The number of aryl methyl sites for hydroxylation is 1. The summed E-state index contributed by atoms with van der Waals surface area (Å²) in [5, 5.41) is 20.2. The van der Waals surface area contributed by atoms with Gasteiger partial charge in [0.05, 0.1) is 29.1 Å². The third kappa shape index (κ3) is 6.85. The van der Waals surface area contributed by atoms with Crippen LogP contribution in [-0.4, -0.2) is 30.6 Å². The van der Waals surface area contributed by atoms with Crippen molar-refractivity contribution in [3.8, 4) is 17.6 Å². The monoisotopic (exact) mass is 565 g/mol. The van der Waals surface area contributed by atoms with Gasteiger partial charge in [-0.1, -0.05) is 17.7 Å². The first kappa shape index (κ1) is 28.6. The number of benzene rings is 3. The van der Waals surface area contributed by atoms with Crippen LogP contribution < -0.4 is 25.4 Å². The van der Waals surface area contributed by atoms with E-state index in [0.29, 0.717) is 45.9 Å². The Balaban J connectivity index is 1.43. The zero-order valence-corrected chi connectivity index (χ0v) is 23.6. The number of hydrogen-bond acceptors (Lipinski definition) is 7. The van der Waals surface area contributed by atoms with Crippen LogP contribution in [0.4, 0.5) is 21.5 Å². The number of anilines is 3. The molecule has 3 N–H and O–H groups in total. The molecule has 9 heteroatoms. The lowest BCUT2D eigenvalue weighted by Crippen LogP contribution is -2.24. The lowest BCUT2D eigenvalue weighted by molar-refractivity contribution is -0.112. The summed E-state index contributed by atoms with van der Waals surface area (Å²) in [6.45, 7) is 6.16. The molecule has 8 nitrogen and oxygen atoms in total. The van der Waals surface area contributed by atoms with Crippen molar-refractivity contribution < 1.29 is 18.7 Å². The van der Waals surface area contributed by atoms with Gasteiger partial charge in [-0.3, -0.25) is 9.78 Å². The van der Waals surface area contributed by atoms with Crippen molar-refractivity contribution in [2.75, 3.05) is 30.3 Å². The first-order valence-electron chi connectivity index (χ1n) is 13.9. The molecule has 5 rings (SSSR count). The highest BCUT2D eigenvalue weighted by molar-refractivity contribution is 6.05. The van der Waals surface area contributed by atoms with Crippen LogP contribution in [-0.2, 0) is 11.4 Å². The molecular weight excluding hydrogens is 533 g/mol. The smallest absolute Gasteiger partial charge is 0.248 e. The number of aromatic nitrogens is 1. The Bertz CT molecular complexity index is 1690. The number of nitrogens with one attached hydrogen (secondary N) is 3. The van der Waals surface area contributed by atoms with Gasteiger partial charge in [-0.25, -0.2) is 4.39 Å². The van der Waals surface area contributed by atoms with E-state index in [-0.39, 0.29) is 18.3 Å². The van der Waals surface area contributed by atoms with Crippen molar-refractivity contribution in [2.24, 2.45) is 0 Å². The standard InChI is InChI=1S/C33H32FN5O3/c1-3-41-31-17-28-27(16-29(31)39-32(40)15-22-9-11-36-12-10-22)33(24(18-35)19-37-28)38-26-7-8-30(21(2)13-26)42-20-23-5-4-6-25(34)14-23/h4-8,13-17,19,36H,3,9-12,20H2,1-2H3,(H,37,38)(H,39,40). The average molecular weight is 566 g/mol. The molecule has 0 unspecified atom stereocenters. The molecule has 1 fully saturated rings. The first-order valence-corrected chi connectivity index (χ1v) is 13.9. The molecular formula is C33H32FN5O3. The highest BCUT2D eigenvalue weighted by atomic mass is 19.1. The number of nitrogens with zero attached hydrogens (tertiary/aromatic N) is 2. The Morgan fingerprint density at radius 1 is 1.12 bits per heavy atom. The van der Waals surface area contributed by atoms with E-state index in [2.05, 4.69) is 27.0 Å². The third-order valence-electron chi connectivity index (χ3n) is 6.96. The minimum absolute atomic E-state index is 0.226. The number of pyridine rings is 1. The Morgan fingerprint density at radius 3 is 2.69 bits per heavy atom. The van der Waals surface area contributed by atoms with Crippen LogP contribution in [0.15, 0.2) is 72.4 Å². The van der Waals surface area contributed by atoms with Gasteiger partial charge in [0.25, 0.3) is 0 Å². The van der Waals surface area contributed by atoms with Crippen molar-refractivity contribution in [1.29, 1.82) is 5.26 Å². The van der Waals surface area contributed by atoms with Gasteiger partial charge in [0.1, 0.15) is 30.0 Å². The van der Waals surface area contributed by atoms with E-state index in [1.807, 2.05) is 38.1 Å². The van der Waals surface area contributed by atoms with Gasteiger partial charge in [-0.15, -0.1) is 0 Å². The van der Waals surface area contributed by atoms with E-state index >= 15 is 0 Å². The van der Waals surface area contributed by atoms with Crippen molar-refractivity contribution in [2.45, 2.75) is 33.3 Å². The normalized spacial score (nSPS) is 12.9. The number of rotatable bonds is 9. The van der Waals surface area contributed by atoms with Crippen molar-refractivity contribution in [3.63, 3.8) is 0 Å². The molecule has 1 amide bonds. The maximum absolute atomic E-state index is 13.5. The number of carbonyl (C=O) groups is 1. The molecule has 2 heterocycles. The van der Waals surface area contributed by atoms with Gasteiger partial charge in [0, 0.05) is 29.4 Å². The number of fused-ring (bicyclic) bond motifs is 1. The summed E-state index contributed by atoms with van der Waals surface area (Å²) in [5.74, 6) is 0.635. The minimum atomic E-state index is -0.305. The van der Waals surface area contributed by atoms with Crippen LogP contribution >= 0.6 is 0 Å². The fourth-order valence-corrected chi connectivity index (χ4v) is 4.88. The minimum Gasteiger partial charge on any atom is -0.492 e. The molecule has 214 valence electrons.